The van der Waals surface area contributed by atoms with Gasteiger partial charge in [-0.2, -0.15) is 0 Å². The van der Waals surface area contributed by atoms with Crippen LogP contribution in [0.4, 0.5) is 5.69 Å². The predicted molar refractivity (Wildman–Crippen MR) is 80.7 cm³/mol. The molecule has 0 fully saturated rings. The maximum absolute atomic E-state index is 12.1. The van der Waals surface area contributed by atoms with Crippen LogP contribution in [0.2, 0.25) is 0 Å². The Morgan fingerprint density at radius 1 is 1.27 bits per heavy atom. The lowest BCUT2D eigenvalue weighted by molar-refractivity contribution is -0.117. The first-order valence-corrected chi connectivity index (χ1v) is 8.05. The summed E-state index contributed by atoms with van der Waals surface area (Å²) in [5.74, 6) is -0.422. The molecule has 0 spiro atoms. The molecule has 1 heterocycles. The summed E-state index contributed by atoms with van der Waals surface area (Å²) < 4.78 is 35.6. The van der Waals surface area contributed by atoms with E-state index < -0.39 is 15.9 Å². The molecule has 0 saturated heterocycles. The van der Waals surface area contributed by atoms with E-state index in [-0.39, 0.29) is 10.7 Å². The Morgan fingerprint density at radius 3 is 2.59 bits per heavy atom. The van der Waals surface area contributed by atoms with Gasteiger partial charge in [-0.15, -0.1) is 0 Å². The van der Waals surface area contributed by atoms with Gasteiger partial charge in [-0.1, -0.05) is 6.07 Å². The van der Waals surface area contributed by atoms with Crippen LogP contribution in [0.1, 0.15) is 5.56 Å². The van der Waals surface area contributed by atoms with Crippen LogP contribution in [0.25, 0.3) is 0 Å². The van der Waals surface area contributed by atoms with E-state index in [4.69, 9.17) is 9.47 Å². The van der Waals surface area contributed by atoms with Gasteiger partial charge >= 0.3 is 0 Å². The highest BCUT2D eigenvalue weighted by Gasteiger charge is 2.20. The predicted octanol–water partition coefficient (Wildman–Crippen LogP) is 1.07. The Balaban J connectivity index is 2.28. The molecule has 1 aliphatic rings. The van der Waals surface area contributed by atoms with E-state index in [1.165, 1.54) is 32.5 Å². The van der Waals surface area contributed by atoms with Crippen LogP contribution in [0.15, 0.2) is 35.1 Å². The van der Waals surface area contributed by atoms with Gasteiger partial charge in [0.25, 0.3) is 5.91 Å². The minimum atomic E-state index is -3.57. The number of amides is 1. The maximum atomic E-state index is 12.1. The van der Waals surface area contributed by atoms with Crippen molar-refractivity contribution in [2.75, 3.05) is 32.6 Å². The third kappa shape index (κ3) is 3.40. The number of sulfonamides is 1. The normalized spacial score (nSPS) is 14.8. The van der Waals surface area contributed by atoms with E-state index in [2.05, 4.69) is 5.32 Å². The third-order valence-corrected chi connectivity index (χ3v) is 4.92. The highest BCUT2D eigenvalue weighted by atomic mass is 32.2. The minimum Gasteiger partial charge on any atom is -0.494 e. The highest BCUT2D eigenvalue weighted by Crippen LogP contribution is 2.22. The topological polar surface area (TPSA) is 84.9 Å². The zero-order valence-corrected chi connectivity index (χ0v) is 13.4. The van der Waals surface area contributed by atoms with Gasteiger partial charge in [0.1, 0.15) is 19.5 Å². The van der Waals surface area contributed by atoms with Gasteiger partial charge in [-0.05, 0) is 24.6 Å². The number of ether oxygens (including phenoxy) is 2. The SMILES string of the molecule is Cc1ccc(S(=O)(=O)N(C)C)cc1NC(=O)C1=COCCO1. The molecule has 0 aromatic heterocycles. The van der Waals surface area contributed by atoms with E-state index in [1.54, 1.807) is 13.0 Å². The molecule has 22 heavy (non-hydrogen) atoms. The van der Waals surface area contributed by atoms with E-state index in [0.29, 0.717) is 18.9 Å². The van der Waals surface area contributed by atoms with Crippen LogP contribution in [0.5, 0.6) is 0 Å². The summed E-state index contributed by atoms with van der Waals surface area (Å²) in [6.45, 7) is 2.47. The van der Waals surface area contributed by atoms with E-state index in [0.717, 1.165) is 9.87 Å². The number of benzene rings is 1. The minimum absolute atomic E-state index is 0.0616. The van der Waals surface area contributed by atoms with Crippen molar-refractivity contribution in [2.45, 2.75) is 11.8 Å². The molecule has 0 saturated carbocycles. The Labute approximate surface area is 129 Å². The molecule has 120 valence electrons. The first-order valence-electron chi connectivity index (χ1n) is 6.61. The van der Waals surface area contributed by atoms with E-state index >= 15 is 0 Å². The standard InChI is InChI=1S/C14H18N2O5S/c1-10-4-5-11(22(18,19)16(2)3)8-12(10)15-14(17)13-9-20-6-7-21-13/h4-5,8-9H,6-7H2,1-3H3,(H,15,17). The quantitative estimate of drug-likeness (QED) is 0.895. The summed E-state index contributed by atoms with van der Waals surface area (Å²) in [7, 11) is -0.666. The molecule has 0 aliphatic carbocycles. The lowest BCUT2D eigenvalue weighted by Gasteiger charge is -2.17. The first-order chi connectivity index (χ1) is 10.3. The number of anilines is 1. The number of carbonyl (C=O) groups excluding carboxylic acids is 1. The highest BCUT2D eigenvalue weighted by molar-refractivity contribution is 7.89. The molecule has 0 radical (unpaired) electrons. The van der Waals surface area contributed by atoms with Crippen LogP contribution in [0, 0.1) is 6.92 Å². The third-order valence-electron chi connectivity index (χ3n) is 3.11. The summed E-state index contributed by atoms with van der Waals surface area (Å²) >= 11 is 0. The molecule has 1 N–H and O–H groups in total. The second kappa shape index (κ2) is 6.37. The monoisotopic (exact) mass is 326 g/mol. The van der Waals surface area contributed by atoms with Crippen molar-refractivity contribution in [3.63, 3.8) is 0 Å². The van der Waals surface area contributed by atoms with Gasteiger partial charge in [-0.25, -0.2) is 12.7 Å². The fourth-order valence-corrected chi connectivity index (χ4v) is 2.71. The van der Waals surface area contributed by atoms with Gasteiger partial charge < -0.3 is 14.8 Å². The van der Waals surface area contributed by atoms with Crippen molar-refractivity contribution in [3.05, 3.63) is 35.8 Å². The lowest BCUT2D eigenvalue weighted by atomic mass is 10.2. The number of hydrogen-bond acceptors (Lipinski definition) is 5. The lowest BCUT2D eigenvalue weighted by Crippen LogP contribution is -2.23. The van der Waals surface area contributed by atoms with Crippen LogP contribution in [-0.2, 0) is 24.3 Å². The summed E-state index contributed by atoms with van der Waals surface area (Å²) in [5, 5.41) is 2.64. The van der Waals surface area contributed by atoms with Crippen molar-refractivity contribution in [1.29, 1.82) is 0 Å². The molecule has 1 aromatic carbocycles. The van der Waals surface area contributed by atoms with Crippen LogP contribution in [-0.4, -0.2) is 45.9 Å². The number of nitrogens with one attached hydrogen (secondary N) is 1. The zero-order valence-electron chi connectivity index (χ0n) is 12.6. The van der Waals surface area contributed by atoms with Crippen molar-refractivity contribution in [3.8, 4) is 0 Å². The molecule has 0 bridgehead atoms. The summed E-state index contributed by atoms with van der Waals surface area (Å²) in [4.78, 5) is 12.2. The average molecular weight is 326 g/mol. The molecule has 1 amide bonds. The molecule has 0 unspecified atom stereocenters. The molecule has 0 atom stereocenters. The van der Waals surface area contributed by atoms with Gasteiger partial charge in [0.05, 0.1) is 4.90 Å². The summed E-state index contributed by atoms with van der Waals surface area (Å²) in [5.41, 5.74) is 1.14. The molecule has 1 aromatic rings. The van der Waals surface area contributed by atoms with Crippen molar-refractivity contribution in [2.24, 2.45) is 0 Å². The van der Waals surface area contributed by atoms with Crippen molar-refractivity contribution in [1.82, 2.24) is 4.31 Å². The van der Waals surface area contributed by atoms with Crippen molar-refractivity contribution < 1.29 is 22.7 Å². The Bertz CT molecular complexity index is 710. The molecule has 8 heteroatoms. The second-order valence-corrected chi connectivity index (χ2v) is 7.07. The van der Waals surface area contributed by atoms with Gasteiger partial charge in [0.15, 0.2) is 0 Å². The maximum Gasteiger partial charge on any atom is 0.294 e. The van der Waals surface area contributed by atoms with E-state index in [1.807, 2.05) is 0 Å². The van der Waals surface area contributed by atoms with Gasteiger partial charge in [-0.3, -0.25) is 4.79 Å². The molecular weight excluding hydrogens is 308 g/mol. The van der Waals surface area contributed by atoms with Gasteiger partial charge in [0.2, 0.25) is 15.8 Å². The summed E-state index contributed by atoms with van der Waals surface area (Å²) in [6, 6.07) is 4.56. The largest absolute Gasteiger partial charge is 0.494 e. The summed E-state index contributed by atoms with van der Waals surface area (Å²) in [6.07, 6.45) is 1.24. The zero-order chi connectivity index (χ0) is 16.3. The molecule has 2 rings (SSSR count). The number of rotatable bonds is 4. The number of aryl methyl sites for hydroxylation is 1. The number of carbonyl (C=O) groups is 1. The fraction of sp³-hybridized carbons (Fsp3) is 0.357. The van der Waals surface area contributed by atoms with Crippen LogP contribution in [0.3, 0.4) is 0 Å². The Kier molecular flexibility index (Phi) is 4.72. The number of hydrogen-bond donors (Lipinski definition) is 1. The van der Waals surface area contributed by atoms with Crippen LogP contribution >= 0.6 is 0 Å². The van der Waals surface area contributed by atoms with Crippen LogP contribution < -0.4 is 5.32 Å². The average Bonchev–Trinajstić information content (AvgIpc) is 2.50. The molecular formula is C14H18N2O5S. The number of nitrogens with zero attached hydrogens (tertiary/aromatic N) is 1. The van der Waals surface area contributed by atoms with Crippen molar-refractivity contribution >= 4 is 21.6 Å². The van der Waals surface area contributed by atoms with E-state index in [9.17, 15) is 13.2 Å². The van der Waals surface area contributed by atoms with Gasteiger partial charge in [0, 0.05) is 19.8 Å². The smallest absolute Gasteiger partial charge is 0.294 e. The first kappa shape index (κ1) is 16.3. The fourth-order valence-electron chi connectivity index (χ4n) is 1.78. The second-order valence-electron chi connectivity index (χ2n) is 4.92. The molecule has 1 aliphatic heterocycles. The Morgan fingerprint density at radius 2 is 2.00 bits per heavy atom. The molecule has 7 nitrogen and oxygen atoms in total. The Hall–Kier alpha value is -2.06.